The zero-order valence-corrected chi connectivity index (χ0v) is 9.50. The second-order valence-corrected chi connectivity index (χ2v) is 3.79. The largest absolute Gasteiger partial charge is 0.264 e. The molecule has 0 saturated carbocycles. The lowest BCUT2D eigenvalue weighted by molar-refractivity contribution is 0.610. The van der Waals surface area contributed by atoms with E-state index in [1.54, 1.807) is 18.5 Å². The van der Waals surface area contributed by atoms with E-state index in [4.69, 9.17) is 23.2 Å². The average molecular weight is 258 g/mol. The molecule has 0 saturated heterocycles. The van der Waals surface area contributed by atoms with Gasteiger partial charge in [-0.2, -0.15) is 0 Å². The Morgan fingerprint density at radius 1 is 1.19 bits per heavy atom. The highest BCUT2D eigenvalue weighted by molar-refractivity contribution is 6.33. The van der Waals surface area contributed by atoms with Crippen molar-refractivity contribution in [2.45, 2.75) is 6.42 Å². The van der Waals surface area contributed by atoms with Crippen molar-refractivity contribution in [1.82, 2.24) is 15.0 Å². The van der Waals surface area contributed by atoms with Crippen LogP contribution in [0.3, 0.4) is 0 Å². The molecule has 0 aliphatic carbocycles. The van der Waals surface area contributed by atoms with Gasteiger partial charge in [0.15, 0.2) is 16.1 Å². The van der Waals surface area contributed by atoms with Gasteiger partial charge in [0.1, 0.15) is 5.82 Å². The minimum atomic E-state index is -0.793. The van der Waals surface area contributed by atoms with Crippen LogP contribution in [0.1, 0.15) is 11.4 Å². The van der Waals surface area contributed by atoms with Crippen LogP contribution in [-0.4, -0.2) is 15.0 Å². The Balaban J connectivity index is 2.29. The highest BCUT2D eigenvalue weighted by Gasteiger charge is 2.11. The summed E-state index contributed by atoms with van der Waals surface area (Å²) in [7, 11) is 0. The Kier molecular flexibility index (Phi) is 3.31. The van der Waals surface area contributed by atoms with Gasteiger partial charge in [-0.25, -0.2) is 14.4 Å². The molecule has 3 nitrogen and oxygen atoms in total. The van der Waals surface area contributed by atoms with Gasteiger partial charge >= 0.3 is 0 Å². The van der Waals surface area contributed by atoms with Crippen LogP contribution in [0.15, 0.2) is 24.5 Å². The molecule has 2 aromatic rings. The Morgan fingerprint density at radius 2 is 1.88 bits per heavy atom. The molecule has 2 aromatic heterocycles. The highest BCUT2D eigenvalue weighted by atomic mass is 35.5. The maximum absolute atomic E-state index is 13.0. The summed E-state index contributed by atoms with van der Waals surface area (Å²) < 4.78 is 13.0. The van der Waals surface area contributed by atoms with Gasteiger partial charge in [-0.05, 0) is 11.6 Å². The molecule has 2 rings (SSSR count). The Labute approximate surface area is 101 Å². The van der Waals surface area contributed by atoms with Crippen LogP contribution in [0, 0.1) is 5.82 Å². The molecule has 0 spiro atoms. The van der Waals surface area contributed by atoms with Crippen LogP contribution >= 0.6 is 23.2 Å². The summed E-state index contributed by atoms with van der Waals surface area (Å²) in [6.07, 6.45) is 3.75. The molecule has 0 N–H and O–H groups in total. The number of pyridine rings is 1. The quantitative estimate of drug-likeness (QED) is 0.777. The average Bonchev–Trinajstić information content (AvgIpc) is 2.27. The fourth-order valence-electron chi connectivity index (χ4n) is 1.20. The Hall–Kier alpha value is -1.26. The molecule has 0 aliphatic heterocycles. The van der Waals surface area contributed by atoms with E-state index in [2.05, 4.69) is 15.0 Å². The van der Waals surface area contributed by atoms with Crippen molar-refractivity contribution in [1.29, 1.82) is 0 Å². The molecule has 0 aromatic carbocycles. The Morgan fingerprint density at radius 3 is 2.44 bits per heavy atom. The molecule has 2 heterocycles. The highest BCUT2D eigenvalue weighted by Crippen LogP contribution is 2.19. The van der Waals surface area contributed by atoms with Crippen molar-refractivity contribution < 1.29 is 4.39 Å². The third kappa shape index (κ3) is 2.46. The van der Waals surface area contributed by atoms with Gasteiger partial charge < -0.3 is 0 Å². The third-order valence-electron chi connectivity index (χ3n) is 1.90. The van der Waals surface area contributed by atoms with Gasteiger partial charge in [0.05, 0.1) is 0 Å². The van der Waals surface area contributed by atoms with E-state index in [0.29, 0.717) is 12.2 Å². The minimum Gasteiger partial charge on any atom is -0.264 e. The predicted molar refractivity (Wildman–Crippen MR) is 59.1 cm³/mol. The van der Waals surface area contributed by atoms with E-state index < -0.39 is 5.82 Å². The molecule has 0 radical (unpaired) electrons. The molecular formula is C10H6Cl2FN3. The zero-order valence-electron chi connectivity index (χ0n) is 7.99. The predicted octanol–water partition coefficient (Wildman–Crippen LogP) is 2.91. The van der Waals surface area contributed by atoms with Gasteiger partial charge in [-0.15, -0.1) is 0 Å². The summed E-state index contributed by atoms with van der Waals surface area (Å²) >= 11 is 11.1. The van der Waals surface area contributed by atoms with E-state index in [1.807, 2.05) is 6.07 Å². The molecule has 0 fully saturated rings. The summed E-state index contributed by atoms with van der Waals surface area (Å²) in [5.41, 5.74) is 0.904. The number of aromatic nitrogens is 3. The van der Waals surface area contributed by atoms with Crippen LogP contribution in [0.25, 0.3) is 0 Å². The van der Waals surface area contributed by atoms with Crippen LogP contribution in [0.5, 0.6) is 0 Å². The maximum Gasteiger partial charge on any atom is 0.197 e. The first-order valence-electron chi connectivity index (χ1n) is 4.43. The molecule has 0 bridgehead atoms. The van der Waals surface area contributed by atoms with Crippen molar-refractivity contribution in [3.63, 3.8) is 0 Å². The monoisotopic (exact) mass is 257 g/mol. The smallest absolute Gasteiger partial charge is 0.197 e. The molecular weight excluding hydrogens is 252 g/mol. The van der Waals surface area contributed by atoms with Crippen LogP contribution in [0.4, 0.5) is 4.39 Å². The SMILES string of the molecule is Fc1c(Cl)nc(Cc2cccnc2)nc1Cl. The lowest BCUT2D eigenvalue weighted by Gasteiger charge is -2.02. The summed E-state index contributed by atoms with van der Waals surface area (Å²) in [5.74, 6) is -0.428. The lowest BCUT2D eigenvalue weighted by atomic mass is 10.2. The first-order valence-corrected chi connectivity index (χ1v) is 5.18. The Bertz CT molecular complexity index is 482. The minimum absolute atomic E-state index is 0.265. The van der Waals surface area contributed by atoms with Crippen LogP contribution in [0.2, 0.25) is 10.3 Å². The molecule has 16 heavy (non-hydrogen) atoms. The lowest BCUT2D eigenvalue weighted by Crippen LogP contribution is -2.00. The molecule has 0 amide bonds. The van der Waals surface area contributed by atoms with Crippen molar-refractivity contribution in [3.8, 4) is 0 Å². The second-order valence-electron chi connectivity index (χ2n) is 3.07. The van der Waals surface area contributed by atoms with Gasteiger partial charge in [-0.3, -0.25) is 4.98 Å². The fraction of sp³-hybridized carbons (Fsp3) is 0.100. The number of rotatable bonds is 2. The van der Waals surface area contributed by atoms with Crippen molar-refractivity contribution in [2.24, 2.45) is 0 Å². The van der Waals surface area contributed by atoms with E-state index >= 15 is 0 Å². The van der Waals surface area contributed by atoms with Crippen LogP contribution < -0.4 is 0 Å². The van der Waals surface area contributed by atoms with E-state index in [0.717, 1.165) is 5.56 Å². The summed E-state index contributed by atoms with van der Waals surface area (Å²) in [6, 6.07) is 3.66. The zero-order chi connectivity index (χ0) is 11.5. The molecule has 0 atom stereocenters. The van der Waals surface area contributed by atoms with Crippen molar-refractivity contribution in [3.05, 3.63) is 52.0 Å². The van der Waals surface area contributed by atoms with Gasteiger partial charge in [-0.1, -0.05) is 29.3 Å². The maximum atomic E-state index is 13.0. The standard InChI is InChI=1S/C10H6Cl2FN3/c11-9-8(13)10(12)16-7(15-9)4-6-2-1-3-14-5-6/h1-3,5H,4H2. The van der Waals surface area contributed by atoms with Gasteiger partial charge in [0.2, 0.25) is 0 Å². The molecule has 0 unspecified atom stereocenters. The number of hydrogen-bond donors (Lipinski definition) is 0. The number of hydrogen-bond acceptors (Lipinski definition) is 3. The van der Waals surface area contributed by atoms with E-state index in [1.165, 1.54) is 0 Å². The normalized spacial score (nSPS) is 10.4. The number of nitrogens with zero attached hydrogens (tertiary/aromatic N) is 3. The second kappa shape index (κ2) is 4.72. The topological polar surface area (TPSA) is 38.7 Å². The summed E-state index contributed by atoms with van der Waals surface area (Å²) in [5, 5.41) is -0.530. The molecule has 0 aliphatic rings. The summed E-state index contributed by atoms with van der Waals surface area (Å²) in [4.78, 5) is 11.5. The third-order valence-corrected chi connectivity index (χ3v) is 2.40. The first kappa shape index (κ1) is 11.2. The van der Waals surface area contributed by atoms with Crippen molar-refractivity contribution >= 4 is 23.2 Å². The van der Waals surface area contributed by atoms with E-state index in [9.17, 15) is 4.39 Å². The van der Waals surface area contributed by atoms with Crippen LogP contribution in [-0.2, 0) is 6.42 Å². The molecule has 6 heteroatoms. The first-order chi connectivity index (χ1) is 7.66. The van der Waals surface area contributed by atoms with Crippen molar-refractivity contribution in [2.75, 3.05) is 0 Å². The van der Waals surface area contributed by atoms with Gasteiger partial charge in [0.25, 0.3) is 0 Å². The number of halogens is 3. The van der Waals surface area contributed by atoms with E-state index in [-0.39, 0.29) is 10.3 Å². The fourth-order valence-corrected chi connectivity index (χ4v) is 1.62. The van der Waals surface area contributed by atoms with Gasteiger partial charge in [0, 0.05) is 18.8 Å². The summed E-state index contributed by atoms with van der Waals surface area (Å²) in [6.45, 7) is 0. The molecule has 82 valence electrons.